The first kappa shape index (κ1) is 11.0. The Bertz CT molecular complexity index is 358. The van der Waals surface area contributed by atoms with Gasteiger partial charge in [-0.15, -0.1) is 0 Å². The number of hydrogen-bond donors (Lipinski definition) is 2. The zero-order chi connectivity index (χ0) is 12.0. The van der Waals surface area contributed by atoms with E-state index in [2.05, 4.69) is 5.32 Å². The van der Waals surface area contributed by atoms with Crippen molar-refractivity contribution in [2.75, 3.05) is 13.1 Å². The number of aliphatic hydroxyl groups excluding tert-OH is 1. The number of carbonyl (C=O) groups excluding carboxylic acids is 2. The number of amides is 2. The first-order valence-electron chi connectivity index (χ1n) is 6.41. The fraction of sp³-hybridized carbons (Fsp3) is 0.833. The highest BCUT2D eigenvalue weighted by molar-refractivity contribution is 5.90. The minimum atomic E-state index is -0.321. The Hall–Kier alpha value is -1.10. The molecule has 1 aliphatic carbocycles. The number of hydrogen-bond acceptors (Lipinski definition) is 3. The van der Waals surface area contributed by atoms with Crippen molar-refractivity contribution in [1.82, 2.24) is 10.2 Å². The van der Waals surface area contributed by atoms with Crippen LogP contribution in [-0.4, -0.2) is 47.1 Å². The number of rotatable bonds is 1. The lowest BCUT2D eigenvalue weighted by Gasteiger charge is -2.21. The van der Waals surface area contributed by atoms with Crippen molar-refractivity contribution in [2.24, 2.45) is 11.8 Å². The monoisotopic (exact) mass is 238 g/mol. The molecule has 0 spiro atoms. The predicted octanol–water partition coefficient (Wildman–Crippen LogP) is -0.506. The van der Waals surface area contributed by atoms with Gasteiger partial charge in [0.1, 0.15) is 6.04 Å². The average Bonchev–Trinajstić information content (AvgIpc) is 2.96. The molecule has 2 saturated heterocycles. The van der Waals surface area contributed by atoms with Crippen LogP contribution in [0.15, 0.2) is 0 Å². The highest BCUT2D eigenvalue weighted by Crippen LogP contribution is 2.38. The standard InChI is InChI=1S/C12H18N2O3/c15-10-3-1-7-5-14(6-8(7)10)12(17)9-2-4-11(16)13-9/h7-10,15H,1-6H2,(H,13,16)/t7?,8?,9-,10?/m1/s1. The van der Waals surface area contributed by atoms with Gasteiger partial charge in [0.2, 0.25) is 11.8 Å². The van der Waals surface area contributed by atoms with E-state index in [1.807, 2.05) is 4.90 Å². The normalized spacial score (nSPS) is 40.5. The number of likely N-dealkylation sites (tertiary alicyclic amines) is 1. The molecular weight excluding hydrogens is 220 g/mol. The third-order valence-corrected chi connectivity index (χ3v) is 4.42. The number of nitrogens with one attached hydrogen (secondary N) is 1. The van der Waals surface area contributed by atoms with Gasteiger partial charge in [0, 0.05) is 25.4 Å². The molecular formula is C12H18N2O3. The van der Waals surface area contributed by atoms with E-state index in [-0.39, 0.29) is 29.9 Å². The average molecular weight is 238 g/mol. The third-order valence-electron chi connectivity index (χ3n) is 4.42. The number of aliphatic hydroxyl groups is 1. The summed E-state index contributed by atoms with van der Waals surface area (Å²) in [4.78, 5) is 25.1. The second-order valence-corrected chi connectivity index (χ2v) is 5.47. The van der Waals surface area contributed by atoms with Crippen LogP contribution in [0, 0.1) is 11.8 Å². The molecule has 2 aliphatic heterocycles. The fourth-order valence-electron chi connectivity index (χ4n) is 3.44. The zero-order valence-electron chi connectivity index (χ0n) is 9.76. The number of carbonyl (C=O) groups is 2. The van der Waals surface area contributed by atoms with E-state index in [9.17, 15) is 14.7 Å². The predicted molar refractivity (Wildman–Crippen MR) is 60.0 cm³/mol. The maximum atomic E-state index is 12.2. The summed E-state index contributed by atoms with van der Waals surface area (Å²) in [5, 5.41) is 12.5. The molecule has 3 fully saturated rings. The smallest absolute Gasteiger partial charge is 0.245 e. The van der Waals surface area contributed by atoms with E-state index in [0.29, 0.717) is 25.3 Å². The summed E-state index contributed by atoms with van der Waals surface area (Å²) in [6.45, 7) is 1.42. The first-order valence-corrected chi connectivity index (χ1v) is 6.41. The summed E-state index contributed by atoms with van der Waals surface area (Å²) in [7, 11) is 0. The molecule has 0 aromatic carbocycles. The second-order valence-electron chi connectivity index (χ2n) is 5.47. The van der Waals surface area contributed by atoms with Gasteiger partial charge in [0.25, 0.3) is 0 Å². The van der Waals surface area contributed by atoms with E-state index in [4.69, 9.17) is 0 Å². The second kappa shape index (κ2) is 3.98. The Balaban J connectivity index is 1.63. The molecule has 0 radical (unpaired) electrons. The molecule has 0 aromatic heterocycles. The maximum absolute atomic E-state index is 12.2. The lowest BCUT2D eigenvalue weighted by atomic mass is 10.00. The molecule has 2 N–H and O–H groups in total. The van der Waals surface area contributed by atoms with Gasteiger partial charge in [0.05, 0.1) is 6.10 Å². The Morgan fingerprint density at radius 3 is 2.76 bits per heavy atom. The Morgan fingerprint density at radius 1 is 1.29 bits per heavy atom. The van der Waals surface area contributed by atoms with E-state index in [0.717, 1.165) is 19.4 Å². The van der Waals surface area contributed by atoms with Gasteiger partial charge in [-0.05, 0) is 25.2 Å². The minimum Gasteiger partial charge on any atom is -0.393 e. The van der Waals surface area contributed by atoms with Gasteiger partial charge >= 0.3 is 0 Å². The van der Waals surface area contributed by atoms with Crippen molar-refractivity contribution in [3.05, 3.63) is 0 Å². The molecule has 17 heavy (non-hydrogen) atoms. The fourth-order valence-corrected chi connectivity index (χ4v) is 3.44. The van der Waals surface area contributed by atoms with Crippen LogP contribution in [0.3, 0.4) is 0 Å². The SMILES string of the molecule is O=C1CC[C@H](C(=O)N2CC3CCC(O)C3C2)N1. The van der Waals surface area contributed by atoms with Gasteiger partial charge in [-0.25, -0.2) is 0 Å². The van der Waals surface area contributed by atoms with Crippen molar-refractivity contribution < 1.29 is 14.7 Å². The highest BCUT2D eigenvalue weighted by atomic mass is 16.3. The molecule has 0 aromatic rings. The Morgan fingerprint density at radius 2 is 2.12 bits per heavy atom. The molecule has 5 heteroatoms. The highest BCUT2D eigenvalue weighted by Gasteiger charge is 2.44. The van der Waals surface area contributed by atoms with Crippen LogP contribution in [0.25, 0.3) is 0 Å². The molecule has 3 aliphatic rings. The van der Waals surface area contributed by atoms with Crippen LogP contribution in [0.2, 0.25) is 0 Å². The molecule has 94 valence electrons. The van der Waals surface area contributed by atoms with Gasteiger partial charge in [-0.1, -0.05) is 0 Å². The topological polar surface area (TPSA) is 69.6 Å². The summed E-state index contributed by atoms with van der Waals surface area (Å²) in [6, 6.07) is -0.321. The molecule has 2 heterocycles. The van der Waals surface area contributed by atoms with Crippen molar-refractivity contribution in [3.63, 3.8) is 0 Å². The summed E-state index contributed by atoms with van der Waals surface area (Å²) < 4.78 is 0. The summed E-state index contributed by atoms with van der Waals surface area (Å²) in [5.74, 6) is 0.738. The number of nitrogens with zero attached hydrogens (tertiary/aromatic N) is 1. The van der Waals surface area contributed by atoms with Gasteiger partial charge in [-0.2, -0.15) is 0 Å². The van der Waals surface area contributed by atoms with E-state index in [1.165, 1.54) is 0 Å². The van der Waals surface area contributed by atoms with E-state index < -0.39 is 0 Å². The molecule has 0 bridgehead atoms. The van der Waals surface area contributed by atoms with E-state index >= 15 is 0 Å². The van der Waals surface area contributed by atoms with Crippen LogP contribution in [-0.2, 0) is 9.59 Å². The lowest BCUT2D eigenvalue weighted by Crippen LogP contribution is -2.44. The summed E-state index contributed by atoms with van der Waals surface area (Å²) in [6.07, 6.45) is 2.73. The molecule has 3 unspecified atom stereocenters. The quantitative estimate of drug-likeness (QED) is 0.646. The first-order chi connectivity index (χ1) is 8.15. The van der Waals surface area contributed by atoms with Crippen LogP contribution in [0.4, 0.5) is 0 Å². The van der Waals surface area contributed by atoms with Crippen molar-refractivity contribution in [3.8, 4) is 0 Å². The largest absolute Gasteiger partial charge is 0.393 e. The lowest BCUT2D eigenvalue weighted by molar-refractivity contribution is -0.133. The summed E-state index contributed by atoms with van der Waals surface area (Å²) in [5.41, 5.74) is 0. The Kier molecular flexibility index (Phi) is 2.58. The van der Waals surface area contributed by atoms with Gasteiger partial charge in [0.15, 0.2) is 0 Å². The van der Waals surface area contributed by atoms with Crippen LogP contribution in [0.1, 0.15) is 25.7 Å². The van der Waals surface area contributed by atoms with Crippen LogP contribution < -0.4 is 5.32 Å². The van der Waals surface area contributed by atoms with Gasteiger partial charge < -0.3 is 15.3 Å². The molecule has 5 nitrogen and oxygen atoms in total. The maximum Gasteiger partial charge on any atom is 0.245 e. The van der Waals surface area contributed by atoms with Gasteiger partial charge in [-0.3, -0.25) is 9.59 Å². The molecule has 1 saturated carbocycles. The number of fused-ring (bicyclic) bond motifs is 1. The van der Waals surface area contributed by atoms with Crippen LogP contribution in [0.5, 0.6) is 0 Å². The Labute approximate surface area is 100 Å². The minimum absolute atomic E-state index is 0.0252. The molecule has 4 atom stereocenters. The third kappa shape index (κ3) is 1.82. The summed E-state index contributed by atoms with van der Waals surface area (Å²) >= 11 is 0. The molecule has 3 rings (SSSR count). The van der Waals surface area contributed by atoms with Crippen molar-refractivity contribution in [1.29, 1.82) is 0 Å². The van der Waals surface area contributed by atoms with Crippen LogP contribution >= 0.6 is 0 Å². The van der Waals surface area contributed by atoms with Crippen molar-refractivity contribution >= 4 is 11.8 Å². The van der Waals surface area contributed by atoms with Crippen molar-refractivity contribution in [2.45, 2.75) is 37.8 Å². The van der Waals surface area contributed by atoms with E-state index in [1.54, 1.807) is 0 Å². The zero-order valence-corrected chi connectivity index (χ0v) is 9.76. The molecule has 2 amide bonds.